The summed E-state index contributed by atoms with van der Waals surface area (Å²) in [5.41, 5.74) is 1.57. The molecule has 1 aromatic rings. The first-order valence-corrected chi connectivity index (χ1v) is 8.15. The monoisotopic (exact) mass is 350 g/mol. The summed E-state index contributed by atoms with van der Waals surface area (Å²) in [6, 6.07) is 7.14. The lowest BCUT2D eigenvalue weighted by Gasteiger charge is -2.18. The van der Waals surface area contributed by atoms with E-state index in [9.17, 15) is 19.8 Å². The molecule has 0 bridgehead atoms. The lowest BCUT2D eigenvalue weighted by molar-refractivity contribution is -0.148. The number of Topliss-reactive ketones (excluding diaryl/α,β-unsaturated/α-hetero) is 1. The fourth-order valence-electron chi connectivity index (χ4n) is 2.42. The van der Waals surface area contributed by atoms with Crippen molar-refractivity contribution in [3.8, 4) is 0 Å². The van der Waals surface area contributed by atoms with E-state index in [-0.39, 0.29) is 11.5 Å². The van der Waals surface area contributed by atoms with Crippen molar-refractivity contribution in [1.29, 1.82) is 0 Å². The largest absolute Gasteiger partial charge is 0.499 e. The molecule has 0 amide bonds. The van der Waals surface area contributed by atoms with Crippen LogP contribution in [0.3, 0.4) is 0 Å². The number of ether oxygens (including phenoxy) is 2. The molecule has 0 fully saturated rings. The zero-order chi connectivity index (χ0) is 18.4. The molecule has 136 valence electrons. The number of hydrogen-bond donors (Lipinski definition) is 3. The summed E-state index contributed by atoms with van der Waals surface area (Å²) in [6.07, 6.45) is 0.335. The van der Waals surface area contributed by atoms with E-state index >= 15 is 0 Å². The van der Waals surface area contributed by atoms with Crippen LogP contribution in [-0.2, 0) is 20.7 Å². The summed E-state index contributed by atoms with van der Waals surface area (Å²) in [5.74, 6) is -2.57. The van der Waals surface area contributed by atoms with Crippen molar-refractivity contribution >= 4 is 11.8 Å². The van der Waals surface area contributed by atoms with E-state index in [0.717, 1.165) is 24.8 Å². The van der Waals surface area contributed by atoms with Gasteiger partial charge in [0.2, 0.25) is 5.76 Å². The van der Waals surface area contributed by atoms with Crippen molar-refractivity contribution in [2.45, 2.75) is 38.4 Å². The van der Waals surface area contributed by atoms with Crippen LogP contribution in [0.2, 0.25) is 0 Å². The molecule has 7 heteroatoms. The Morgan fingerprint density at radius 3 is 2.60 bits per heavy atom. The summed E-state index contributed by atoms with van der Waals surface area (Å²) in [6.45, 7) is 0.988. The van der Waals surface area contributed by atoms with Crippen molar-refractivity contribution in [3.05, 3.63) is 46.9 Å². The Balaban J connectivity index is 1.99. The Morgan fingerprint density at radius 1 is 1.32 bits per heavy atom. The number of esters is 1. The summed E-state index contributed by atoms with van der Waals surface area (Å²) in [4.78, 5) is 23.6. The SMILES string of the molecule is CCCCc1ccc(C(=O)COC2=C(O)C(=O)OC2C(O)CO)cc1. The van der Waals surface area contributed by atoms with Crippen LogP contribution in [0.1, 0.15) is 35.7 Å². The van der Waals surface area contributed by atoms with Crippen molar-refractivity contribution in [3.63, 3.8) is 0 Å². The number of benzene rings is 1. The molecule has 2 rings (SSSR count). The summed E-state index contributed by atoms with van der Waals surface area (Å²) < 4.78 is 9.92. The molecular weight excluding hydrogens is 328 g/mol. The minimum Gasteiger partial charge on any atom is -0.499 e. The molecule has 2 atom stereocenters. The highest BCUT2D eigenvalue weighted by Gasteiger charge is 2.40. The Kier molecular flexibility index (Phi) is 6.55. The molecule has 0 aliphatic carbocycles. The van der Waals surface area contributed by atoms with E-state index in [0.29, 0.717) is 5.56 Å². The summed E-state index contributed by atoms with van der Waals surface area (Å²) >= 11 is 0. The zero-order valence-electron chi connectivity index (χ0n) is 14.0. The van der Waals surface area contributed by atoms with Crippen LogP contribution >= 0.6 is 0 Å². The fourth-order valence-corrected chi connectivity index (χ4v) is 2.42. The third-order valence-corrected chi connectivity index (χ3v) is 3.91. The molecule has 0 saturated heterocycles. The van der Waals surface area contributed by atoms with Gasteiger partial charge in [0, 0.05) is 5.56 Å². The van der Waals surface area contributed by atoms with Gasteiger partial charge in [-0.1, -0.05) is 37.6 Å². The quantitative estimate of drug-likeness (QED) is 0.454. The van der Waals surface area contributed by atoms with E-state index in [2.05, 4.69) is 6.92 Å². The topological polar surface area (TPSA) is 113 Å². The number of carbonyl (C=O) groups is 2. The maximum Gasteiger partial charge on any atom is 0.378 e. The summed E-state index contributed by atoms with van der Waals surface area (Å²) in [5, 5.41) is 28.2. The maximum atomic E-state index is 12.2. The number of aryl methyl sites for hydroxylation is 1. The highest BCUT2D eigenvalue weighted by Crippen LogP contribution is 2.25. The minimum atomic E-state index is -1.45. The lowest BCUT2D eigenvalue weighted by atomic mass is 10.0. The first kappa shape index (κ1) is 19.0. The van der Waals surface area contributed by atoms with Crippen molar-refractivity contribution in [2.24, 2.45) is 0 Å². The van der Waals surface area contributed by atoms with E-state index in [1.54, 1.807) is 12.1 Å². The molecule has 1 aliphatic heterocycles. The Labute approximate surface area is 145 Å². The molecule has 1 aromatic carbocycles. The molecule has 7 nitrogen and oxygen atoms in total. The third-order valence-electron chi connectivity index (χ3n) is 3.91. The van der Waals surface area contributed by atoms with Gasteiger partial charge in [-0.15, -0.1) is 0 Å². The Morgan fingerprint density at radius 2 is 2.00 bits per heavy atom. The molecule has 0 radical (unpaired) electrons. The van der Waals surface area contributed by atoms with Gasteiger partial charge in [-0.05, 0) is 18.4 Å². The Bertz CT molecular complexity index is 648. The van der Waals surface area contributed by atoms with E-state index in [4.69, 9.17) is 14.6 Å². The van der Waals surface area contributed by atoms with Crippen molar-refractivity contribution in [2.75, 3.05) is 13.2 Å². The molecule has 1 aliphatic rings. The van der Waals surface area contributed by atoms with Gasteiger partial charge in [0.15, 0.2) is 24.3 Å². The normalized spacial score (nSPS) is 18.2. The average Bonchev–Trinajstić information content (AvgIpc) is 2.92. The van der Waals surface area contributed by atoms with Gasteiger partial charge < -0.3 is 24.8 Å². The number of carbonyl (C=O) groups excluding carboxylic acids is 2. The predicted molar refractivity (Wildman–Crippen MR) is 88.0 cm³/mol. The first-order valence-electron chi connectivity index (χ1n) is 8.15. The number of cyclic esters (lactones) is 1. The van der Waals surface area contributed by atoms with Gasteiger partial charge >= 0.3 is 5.97 Å². The van der Waals surface area contributed by atoms with Crippen LogP contribution in [-0.4, -0.2) is 52.5 Å². The number of aliphatic hydroxyl groups is 3. The molecule has 0 aromatic heterocycles. The average molecular weight is 350 g/mol. The molecule has 2 unspecified atom stereocenters. The van der Waals surface area contributed by atoms with Gasteiger partial charge in [-0.3, -0.25) is 4.79 Å². The van der Waals surface area contributed by atoms with Crippen LogP contribution in [0.25, 0.3) is 0 Å². The third kappa shape index (κ3) is 4.58. The fraction of sp³-hybridized carbons (Fsp3) is 0.444. The smallest absolute Gasteiger partial charge is 0.378 e. The van der Waals surface area contributed by atoms with Crippen LogP contribution in [0.15, 0.2) is 35.8 Å². The maximum absolute atomic E-state index is 12.2. The van der Waals surface area contributed by atoms with Gasteiger partial charge in [0.25, 0.3) is 0 Å². The molecule has 25 heavy (non-hydrogen) atoms. The van der Waals surface area contributed by atoms with E-state index in [1.807, 2.05) is 12.1 Å². The number of rotatable bonds is 9. The first-order chi connectivity index (χ1) is 12.0. The highest BCUT2D eigenvalue weighted by atomic mass is 16.6. The molecular formula is C18H22O7. The number of aliphatic hydroxyl groups excluding tert-OH is 3. The number of hydrogen-bond acceptors (Lipinski definition) is 7. The highest BCUT2D eigenvalue weighted by molar-refractivity contribution is 5.97. The van der Waals surface area contributed by atoms with Crippen molar-refractivity contribution in [1.82, 2.24) is 0 Å². The van der Waals surface area contributed by atoms with E-state index in [1.165, 1.54) is 0 Å². The van der Waals surface area contributed by atoms with Crippen LogP contribution in [0.4, 0.5) is 0 Å². The second kappa shape index (κ2) is 8.64. The molecule has 0 spiro atoms. The second-order valence-corrected chi connectivity index (χ2v) is 5.80. The second-order valence-electron chi connectivity index (χ2n) is 5.80. The van der Waals surface area contributed by atoms with Crippen LogP contribution < -0.4 is 0 Å². The van der Waals surface area contributed by atoms with Crippen LogP contribution in [0.5, 0.6) is 0 Å². The Hall–Kier alpha value is -2.38. The van der Waals surface area contributed by atoms with Gasteiger partial charge in [-0.2, -0.15) is 0 Å². The number of unbranched alkanes of at least 4 members (excludes halogenated alkanes) is 1. The minimum absolute atomic E-state index is 0.348. The zero-order valence-corrected chi connectivity index (χ0v) is 14.0. The predicted octanol–water partition coefficient (Wildman–Crippen LogP) is 1.28. The van der Waals surface area contributed by atoms with Crippen LogP contribution in [0, 0.1) is 0 Å². The number of ketones is 1. The van der Waals surface area contributed by atoms with Gasteiger partial charge in [0.1, 0.15) is 6.10 Å². The standard InChI is InChI=1S/C18H22O7/c1-2-3-4-11-5-7-12(8-6-11)14(21)10-24-17-15(22)18(23)25-16(17)13(20)9-19/h5-8,13,16,19-20,22H,2-4,9-10H2,1H3. The summed E-state index contributed by atoms with van der Waals surface area (Å²) in [7, 11) is 0. The van der Waals surface area contributed by atoms with Gasteiger partial charge in [-0.25, -0.2) is 4.79 Å². The van der Waals surface area contributed by atoms with Crippen molar-refractivity contribution < 1.29 is 34.4 Å². The molecule has 3 N–H and O–H groups in total. The van der Waals surface area contributed by atoms with Gasteiger partial charge in [0.05, 0.1) is 6.61 Å². The molecule has 0 saturated carbocycles. The molecule has 1 heterocycles. The van der Waals surface area contributed by atoms with E-state index < -0.39 is 37.2 Å². The lowest BCUT2D eigenvalue weighted by Crippen LogP contribution is -2.33.